The Morgan fingerprint density at radius 3 is 2.33 bits per heavy atom. The maximum Gasteiger partial charge on any atom is 0.416 e. The van der Waals surface area contributed by atoms with Crippen LogP contribution in [0.5, 0.6) is 0 Å². The lowest BCUT2D eigenvalue weighted by atomic mass is 9.85. The van der Waals surface area contributed by atoms with Crippen LogP contribution < -0.4 is 0 Å². The van der Waals surface area contributed by atoms with Gasteiger partial charge in [-0.25, -0.2) is 4.79 Å². The van der Waals surface area contributed by atoms with Gasteiger partial charge in [-0.1, -0.05) is 45.2 Å². The number of benzene rings is 2. The molecule has 0 aliphatic carbocycles. The Labute approximate surface area is 226 Å². The van der Waals surface area contributed by atoms with E-state index in [0.717, 1.165) is 17.7 Å². The second kappa shape index (κ2) is 10.8. The molecule has 0 spiro atoms. The van der Waals surface area contributed by atoms with Gasteiger partial charge in [-0.05, 0) is 63.1 Å². The fourth-order valence-electron chi connectivity index (χ4n) is 4.20. The molecule has 0 unspecified atom stereocenters. The van der Waals surface area contributed by atoms with Gasteiger partial charge in [0.05, 0.1) is 15.6 Å². The molecule has 2 aromatic rings. The van der Waals surface area contributed by atoms with Gasteiger partial charge in [-0.3, -0.25) is 4.79 Å². The summed E-state index contributed by atoms with van der Waals surface area (Å²) in [6, 6.07) is 7.78. The van der Waals surface area contributed by atoms with Gasteiger partial charge < -0.3 is 14.5 Å². The average molecular weight is 610 g/mol. The van der Waals surface area contributed by atoms with Crippen LogP contribution in [-0.4, -0.2) is 53.6 Å². The molecule has 1 aliphatic rings. The van der Waals surface area contributed by atoms with Crippen LogP contribution in [0, 0.1) is 0 Å². The molecule has 0 bridgehead atoms. The van der Waals surface area contributed by atoms with Gasteiger partial charge in [0, 0.05) is 42.1 Å². The molecule has 5 nitrogen and oxygen atoms in total. The predicted octanol–water partition coefficient (Wildman–Crippen LogP) is 7.64. The van der Waals surface area contributed by atoms with Crippen molar-refractivity contribution < 1.29 is 27.5 Å². The average Bonchev–Trinajstić information content (AvgIpc) is 2.77. The molecule has 2 atom stereocenters. The van der Waals surface area contributed by atoms with E-state index in [1.165, 1.54) is 11.0 Å². The van der Waals surface area contributed by atoms with Crippen molar-refractivity contribution in [1.29, 1.82) is 0 Å². The van der Waals surface area contributed by atoms with Crippen molar-refractivity contribution in [3.8, 4) is 0 Å². The topological polar surface area (TPSA) is 49.9 Å². The number of piperidine rings is 1. The maximum absolute atomic E-state index is 13.4. The van der Waals surface area contributed by atoms with Gasteiger partial charge in [0.2, 0.25) is 0 Å². The zero-order chi connectivity index (χ0) is 27.0. The Morgan fingerprint density at radius 2 is 1.75 bits per heavy atom. The Balaban J connectivity index is 1.95. The summed E-state index contributed by atoms with van der Waals surface area (Å²) in [7, 11) is 1.55. The second-order valence-electron chi connectivity index (χ2n) is 9.70. The first-order valence-electron chi connectivity index (χ1n) is 11.1. The SMILES string of the molecule is CN(C(=O)c1cc(Br)cc(C(F)(F)F)c1)[C@@H]1CCN(C(=O)OC(C)(C)C)C[C@H]1c1ccc(Cl)c(Cl)c1. The lowest BCUT2D eigenvalue weighted by molar-refractivity contribution is -0.137. The lowest BCUT2D eigenvalue weighted by Gasteiger charge is -2.43. The van der Waals surface area contributed by atoms with E-state index < -0.39 is 35.4 Å². The van der Waals surface area contributed by atoms with Crippen molar-refractivity contribution in [2.45, 2.75) is 50.9 Å². The molecule has 0 radical (unpaired) electrons. The number of halogens is 6. The second-order valence-corrected chi connectivity index (χ2v) is 11.4. The number of hydrogen-bond donors (Lipinski definition) is 0. The van der Waals surface area contributed by atoms with Crippen LogP contribution in [0.2, 0.25) is 10.0 Å². The Morgan fingerprint density at radius 1 is 1.08 bits per heavy atom. The number of likely N-dealkylation sites (tertiary alicyclic amines) is 1. The molecular formula is C25H26BrCl2F3N2O3. The zero-order valence-electron chi connectivity index (χ0n) is 20.1. The number of carbonyl (C=O) groups excluding carboxylic acids is 2. The third-order valence-electron chi connectivity index (χ3n) is 5.89. The quantitative estimate of drug-likeness (QED) is 0.359. The maximum atomic E-state index is 13.4. The van der Waals surface area contributed by atoms with Crippen LogP contribution in [0.15, 0.2) is 40.9 Å². The minimum Gasteiger partial charge on any atom is -0.444 e. The summed E-state index contributed by atoms with van der Waals surface area (Å²) in [5.41, 5.74) is -0.958. The molecule has 0 N–H and O–H groups in total. The molecular weight excluding hydrogens is 584 g/mol. The van der Waals surface area contributed by atoms with Crippen LogP contribution in [0.1, 0.15) is 54.6 Å². The third kappa shape index (κ3) is 6.86. The number of ether oxygens (including phenoxy) is 1. The van der Waals surface area contributed by atoms with Crippen LogP contribution in [0.3, 0.4) is 0 Å². The molecule has 2 aromatic carbocycles. The first-order valence-corrected chi connectivity index (χ1v) is 12.7. The molecule has 3 rings (SSSR count). The lowest BCUT2D eigenvalue weighted by Crippen LogP contribution is -2.52. The summed E-state index contributed by atoms with van der Waals surface area (Å²) in [5, 5.41) is 0.674. The molecule has 2 amide bonds. The van der Waals surface area contributed by atoms with E-state index >= 15 is 0 Å². The normalized spacial score (nSPS) is 18.7. The fraction of sp³-hybridized carbons (Fsp3) is 0.440. The monoisotopic (exact) mass is 608 g/mol. The number of amides is 2. The van der Waals surface area contributed by atoms with E-state index in [1.54, 1.807) is 50.9 Å². The number of hydrogen-bond acceptors (Lipinski definition) is 3. The van der Waals surface area contributed by atoms with Gasteiger partial charge in [-0.15, -0.1) is 0 Å². The highest BCUT2D eigenvalue weighted by molar-refractivity contribution is 9.10. The van der Waals surface area contributed by atoms with Crippen molar-refractivity contribution in [3.63, 3.8) is 0 Å². The molecule has 1 aliphatic heterocycles. The van der Waals surface area contributed by atoms with Gasteiger partial charge in [-0.2, -0.15) is 13.2 Å². The van der Waals surface area contributed by atoms with E-state index in [1.807, 2.05) is 0 Å². The van der Waals surface area contributed by atoms with Crippen LogP contribution in [0.25, 0.3) is 0 Å². The molecule has 196 valence electrons. The van der Waals surface area contributed by atoms with Crippen LogP contribution in [0.4, 0.5) is 18.0 Å². The number of alkyl halides is 3. The molecule has 0 aromatic heterocycles. The molecule has 11 heteroatoms. The number of likely N-dealkylation sites (N-methyl/N-ethyl adjacent to an activating group) is 1. The van der Waals surface area contributed by atoms with Gasteiger partial charge in [0.25, 0.3) is 5.91 Å². The van der Waals surface area contributed by atoms with E-state index in [9.17, 15) is 22.8 Å². The van der Waals surface area contributed by atoms with E-state index in [4.69, 9.17) is 27.9 Å². The first-order chi connectivity index (χ1) is 16.6. The summed E-state index contributed by atoms with van der Waals surface area (Å²) in [6.45, 7) is 5.85. The summed E-state index contributed by atoms with van der Waals surface area (Å²) >= 11 is 15.4. The number of carbonyl (C=O) groups is 2. The smallest absolute Gasteiger partial charge is 0.416 e. The zero-order valence-corrected chi connectivity index (χ0v) is 23.2. The van der Waals surface area contributed by atoms with E-state index in [-0.39, 0.29) is 22.5 Å². The summed E-state index contributed by atoms with van der Waals surface area (Å²) < 4.78 is 45.7. The van der Waals surface area contributed by atoms with Crippen molar-refractivity contribution in [3.05, 3.63) is 67.6 Å². The molecule has 1 heterocycles. The minimum atomic E-state index is -4.60. The van der Waals surface area contributed by atoms with Crippen molar-refractivity contribution in [2.75, 3.05) is 20.1 Å². The fourth-order valence-corrected chi connectivity index (χ4v) is 5.00. The Kier molecular flexibility index (Phi) is 8.57. The molecule has 0 saturated carbocycles. The number of rotatable bonds is 3. The summed E-state index contributed by atoms with van der Waals surface area (Å²) in [6.07, 6.45) is -4.70. The summed E-state index contributed by atoms with van der Waals surface area (Å²) in [4.78, 5) is 29.1. The van der Waals surface area contributed by atoms with Crippen LogP contribution in [-0.2, 0) is 10.9 Å². The minimum absolute atomic E-state index is 0.0957. The van der Waals surface area contributed by atoms with Crippen molar-refractivity contribution >= 4 is 51.1 Å². The van der Waals surface area contributed by atoms with E-state index in [2.05, 4.69) is 15.9 Å². The van der Waals surface area contributed by atoms with Gasteiger partial charge in [0.1, 0.15) is 5.60 Å². The Bertz CT molecular complexity index is 1150. The third-order valence-corrected chi connectivity index (χ3v) is 7.09. The predicted molar refractivity (Wildman–Crippen MR) is 137 cm³/mol. The largest absolute Gasteiger partial charge is 0.444 e. The molecule has 1 fully saturated rings. The summed E-state index contributed by atoms with van der Waals surface area (Å²) in [5.74, 6) is -0.952. The van der Waals surface area contributed by atoms with Crippen molar-refractivity contribution in [2.24, 2.45) is 0 Å². The van der Waals surface area contributed by atoms with E-state index in [0.29, 0.717) is 23.0 Å². The highest BCUT2D eigenvalue weighted by atomic mass is 79.9. The molecule has 36 heavy (non-hydrogen) atoms. The van der Waals surface area contributed by atoms with Gasteiger partial charge in [0.15, 0.2) is 0 Å². The first kappa shape index (κ1) is 28.6. The standard InChI is InChI=1S/C25H26BrCl2F3N2O3/c1-24(2,3)36-23(35)33-8-7-21(18(13-33)14-5-6-19(27)20(28)11-14)32(4)22(34)15-9-16(25(29,30)31)12-17(26)10-15/h5-6,9-12,18,21H,7-8,13H2,1-4H3/t18-,21+/m0/s1. The van der Waals surface area contributed by atoms with Crippen LogP contribution >= 0.6 is 39.1 Å². The van der Waals surface area contributed by atoms with Gasteiger partial charge >= 0.3 is 12.3 Å². The Hall–Kier alpha value is -1.97. The highest BCUT2D eigenvalue weighted by Crippen LogP contribution is 2.36. The molecule has 1 saturated heterocycles. The highest BCUT2D eigenvalue weighted by Gasteiger charge is 2.39. The number of nitrogens with zero attached hydrogens (tertiary/aromatic N) is 2. The van der Waals surface area contributed by atoms with Crippen molar-refractivity contribution in [1.82, 2.24) is 9.80 Å².